The van der Waals surface area contributed by atoms with Crippen molar-refractivity contribution in [1.29, 1.82) is 0 Å². The summed E-state index contributed by atoms with van der Waals surface area (Å²) >= 11 is 0. The molecule has 0 saturated heterocycles. The lowest BCUT2D eigenvalue weighted by Crippen LogP contribution is -2.30. The molecule has 1 N–H and O–H groups in total. The number of hydroxylamine groups is 1. The van der Waals surface area contributed by atoms with Gasteiger partial charge >= 0.3 is 5.97 Å². The Morgan fingerprint density at radius 2 is 2.67 bits per heavy atom. The number of methoxy groups -OCH3 is 1. The molecule has 0 spiro atoms. The van der Waals surface area contributed by atoms with Crippen molar-refractivity contribution in [3.8, 4) is 0 Å². The fraction of sp³-hybridized carbons (Fsp3) is 0.400. The van der Waals surface area contributed by atoms with E-state index >= 15 is 0 Å². The largest absolute Gasteiger partial charge is 0.468 e. The fourth-order valence-corrected chi connectivity index (χ4v) is 0.523. The second kappa shape index (κ2) is 2.50. The molecule has 4 nitrogen and oxygen atoms in total. The molecule has 0 aromatic rings. The average Bonchev–Trinajstić information content (AvgIpc) is 2.37. The van der Waals surface area contributed by atoms with Crippen LogP contribution in [0.5, 0.6) is 0 Å². The predicted molar refractivity (Wildman–Crippen MR) is 29.2 cm³/mol. The van der Waals surface area contributed by atoms with Crippen LogP contribution in [0.25, 0.3) is 0 Å². The number of rotatable bonds is 1. The molecule has 0 aliphatic carbocycles. The van der Waals surface area contributed by atoms with E-state index in [9.17, 15) is 4.79 Å². The SMILES string of the molecule is COC(=O)[C@@H]1C=CON1. The van der Waals surface area contributed by atoms with Crippen LogP contribution in [0, 0.1) is 0 Å². The van der Waals surface area contributed by atoms with Gasteiger partial charge in [-0.1, -0.05) is 0 Å². The van der Waals surface area contributed by atoms with E-state index in [1.807, 2.05) is 0 Å². The van der Waals surface area contributed by atoms with Crippen LogP contribution < -0.4 is 5.48 Å². The number of hydrogen-bond acceptors (Lipinski definition) is 4. The van der Waals surface area contributed by atoms with E-state index in [2.05, 4.69) is 15.1 Å². The van der Waals surface area contributed by atoms with Crippen LogP contribution in [0.1, 0.15) is 0 Å². The van der Waals surface area contributed by atoms with Gasteiger partial charge in [0.05, 0.1) is 7.11 Å². The van der Waals surface area contributed by atoms with E-state index in [0.29, 0.717) is 0 Å². The molecule has 0 fully saturated rings. The molecule has 9 heavy (non-hydrogen) atoms. The maximum Gasteiger partial charge on any atom is 0.330 e. The average molecular weight is 129 g/mol. The van der Waals surface area contributed by atoms with Crippen molar-refractivity contribution in [2.45, 2.75) is 6.04 Å². The number of carbonyl (C=O) groups is 1. The number of carbonyl (C=O) groups excluding carboxylic acids is 1. The van der Waals surface area contributed by atoms with Crippen LogP contribution in [-0.2, 0) is 14.4 Å². The van der Waals surface area contributed by atoms with Crippen molar-refractivity contribution in [3.63, 3.8) is 0 Å². The predicted octanol–water partition coefficient (Wildman–Crippen LogP) is -0.424. The Bertz CT molecular complexity index is 143. The molecule has 0 bridgehead atoms. The molecular formula is C5H7NO3. The Kier molecular flexibility index (Phi) is 1.69. The lowest BCUT2D eigenvalue weighted by molar-refractivity contribution is -0.143. The highest BCUT2D eigenvalue weighted by molar-refractivity contribution is 5.77. The summed E-state index contributed by atoms with van der Waals surface area (Å²) in [6.45, 7) is 0. The Balaban J connectivity index is 2.43. The Morgan fingerprint density at radius 1 is 1.89 bits per heavy atom. The Labute approximate surface area is 52.4 Å². The van der Waals surface area contributed by atoms with E-state index in [1.54, 1.807) is 6.08 Å². The van der Waals surface area contributed by atoms with Crippen LogP contribution in [-0.4, -0.2) is 19.1 Å². The van der Waals surface area contributed by atoms with Crippen LogP contribution >= 0.6 is 0 Å². The minimum Gasteiger partial charge on any atom is -0.468 e. The molecule has 0 unspecified atom stereocenters. The standard InChI is InChI=1S/C5H7NO3/c1-8-5(7)4-2-3-9-6-4/h2-4,6H,1H3/t4-/m0/s1. The number of ether oxygens (including phenoxy) is 1. The van der Waals surface area contributed by atoms with E-state index < -0.39 is 6.04 Å². The second-order valence-electron chi connectivity index (χ2n) is 1.57. The third-order valence-electron chi connectivity index (χ3n) is 0.989. The van der Waals surface area contributed by atoms with Gasteiger partial charge < -0.3 is 9.57 Å². The highest BCUT2D eigenvalue weighted by Gasteiger charge is 2.18. The number of hydrogen-bond donors (Lipinski definition) is 1. The topological polar surface area (TPSA) is 47.6 Å². The monoisotopic (exact) mass is 129 g/mol. The molecule has 0 saturated carbocycles. The van der Waals surface area contributed by atoms with Gasteiger partial charge in [-0.25, -0.2) is 4.79 Å². The van der Waals surface area contributed by atoms with Crippen molar-refractivity contribution in [1.82, 2.24) is 5.48 Å². The summed E-state index contributed by atoms with van der Waals surface area (Å²) in [5.74, 6) is -0.344. The summed E-state index contributed by atoms with van der Waals surface area (Å²) in [5, 5.41) is 0. The Morgan fingerprint density at radius 3 is 3.11 bits per heavy atom. The van der Waals surface area contributed by atoms with Gasteiger partial charge in [0.25, 0.3) is 0 Å². The summed E-state index contributed by atoms with van der Waals surface area (Å²) in [6, 6.07) is -0.435. The van der Waals surface area contributed by atoms with Crippen molar-refractivity contribution < 1.29 is 14.4 Å². The summed E-state index contributed by atoms with van der Waals surface area (Å²) < 4.78 is 4.40. The highest BCUT2D eigenvalue weighted by Crippen LogP contribution is 1.96. The van der Waals surface area contributed by atoms with Gasteiger partial charge in [0.1, 0.15) is 6.26 Å². The van der Waals surface area contributed by atoms with Gasteiger partial charge in [0.15, 0.2) is 6.04 Å². The van der Waals surface area contributed by atoms with Crippen molar-refractivity contribution >= 4 is 5.97 Å². The third kappa shape index (κ3) is 1.20. The van der Waals surface area contributed by atoms with Gasteiger partial charge in [-0.15, -0.1) is 5.48 Å². The summed E-state index contributed by atoms with van der Waals surface area (Å²) in [5.41, 5.74) is 2.42. The van der Waals surface area contributed by atoms with E-state index in [4.69, 9.17) is 0 Å². The lowest BCUT2D eigenvalue weighted by atomic mass is 10.3. The van der Waals surface area contributed by atoms with Crippen LogP contribution in [0.4, 0.5) is 0 Å². The smallest absolute Gasteiger partial charge is 0.330 e. The maximum absolute atomic E-state index is 10.6. The highest BCUT2D eigenvalue weighted by atomic mass is 16.7. The van der Waals surface area contributed by atoms with Crippen LogP contribution in [0.3, 0.4) is 0 Å². The molecule has 1 aliphatic heterocycles. The van der Waals surface area contributed by atoms with Crippen molar-refractivity contribution in [2.75, 3.05) is 7.11 Å². The third-order valence-corrected chi connectivity index (χ3v) is 0.989. The maximum atomic E-state index is 10.6. The molecule has 1 atom stereocenters. The second-order valence-corrected chi connectivity index (χ2v) is 1.57. The molecule has 1 rings (SSSR count). The molecule has 0 amide bonds. The molecule has 50 valence electrons. The normalized spacial score (nSPS) is 23.4. The van der Waals surface area contributed by atoms with Gasteiger partial charge in [-0.05, 0) is 6.08 Å². The minimum absolute atomic E-state index is 0.344. The zero-order valence-electron chi connectivity index (χ0n) is 4.96. The lowest BCUT2D eigenvalue weighted by Gasteiger charge is -2.02. The summed E-state index contributed by atoms with van der Waals surface area (Å²) in [6.07, 6.45) is 2.98. The number of esters is 1. The summed E-state index contributed by atoms with van der Waals surface area (Å²) in [4.78, 5) is 15.1. The van der Waals surface area contributed by atoms with E-state index in [-0.39, 0.29) is 5.97 Å². The van der Waals surface area contributed by atoms with Gasteiger partial charge in [0, 0.05) is 0 Å². The summed E-state index contributed by atoms with van der Waals surface area (Å²) in [7, 11) is 1.33. The molecule has 1 heterocycles. The molecule has 1 aliphatic rings. The van der Waals surface area contributed by atoms with Crippen molar-refractivity contribution in [2.24, 2.45) is 0 Å². The zero-order chi connectivity index (χ0) is 6.69. The molecule has 0 aromatic heterocycles. The first-order chi connectivity index (χ1) is 4.34. The van der Waals surface area contributed by atoms with Gasteiger partial charge in [-0.2, -0.15) is 0 Å². The van der Waals surface area contributed by atoms with Gasteiger partial charge in [0.2, 0.25) is 0 Å². The first-order valence-corrected chi connectivity index (χ1v) is 2.50. The molecule has 4 heteroatoms. The minimum atomic E-state index is -0.435. The molecule has 0 radical (unpaired) electrons. The zero-order valence-corrected chi connectivity index (χ0v) is 4.96. The van der Waals surface area contributed by atoms with Crippen molar-refractivity contribution in [3.05, 3.63) is 12.3 Å². The first kappa shape index (κ1) is 6.10. The molecule has 0 aromatic carbocycles. The Hall–Kier alpha value is -1.03. The van der Waals surface area contributed by atoms with E-state index in [0.717, 1.165) is 0 Å². The van der Waals surface area contributed by atoms with Crippen LogP contribution in [0.15, 0.2) is 12.3 Å². The van der Waals surface area contributed by atoms with Gasteiger partial charge in [-0.3, -0.25) is 0 Å². The van der Waals surface area contributed by atoms with Crippen LogP contribution in [0.2, 0.25) is 0 Å². The quantitative estimate of drug-likeness (QED) is 0.488. The fourth-order valence-electron chi connectivity index (χ4n) is 0.523. The van der Waals surface area contributed by atoms with E-state index in [1.165, 1.54) is 13.4 Å². The molecular weight excluding hydrogens is 122 g/mol. The first-order valence-electron chi connectivity index (χ1n) is 2.50. The number of nitrogens with one attached hydrogen (secondary N) is 1.